The SMILES string of the molecule is CCCCCCCCCCCCCCCCBr.c1ccc2cnccc2c1. The van der Waals surface area contributed by atoms with Gasteiger partial charge in [0.2, 0.25) is 0 Å². The molecule has 0 unspecified atom stereocenters. The second-order valence-electron chi connectivity index (χ2n) is 7.51. The molecule has 0 aliphatic heterocycles. The summed E-state index contributed by atoms with van der Waals surface area (Å²) in [6.07, 6.45) is 24.0. The molecular weight excluding hydrogens is 394 g/mol. The Hall–Kier alpha value is -0.890. The molecule has 1 aromatic heterocycles. The molecule has 2 rings (SSSR count). The van der Waals surface area contributed by atoms with E-state index in [0.717, 1.165) is 0 Å². The van der Waals surface area contributed by atoms with E-state index in [2.05, 4.69) is 40.0 Å². The Morgan fingerprint density at radius 3 is 1.59 bits per heavy atom. The summed E-state index contributed by atoms with van der Waals surface area (Å²) in [6, 6.07) is 10.2. The van der Waals surface area contributed by atoms with Crippen LogP contribution in [0.1, 0.15) is 96.8 Å². The van der Waals surface area contributed by atoms with Crippen LogP contribution >= 0.6 is 15.9 Å². The lowest BCUT2D eigenvalue weighted by Gasteiger charge is -2.02. The summed E-state index contributed by atoms with van der Waals surface area (Å²) < 4.78 is 0. The third-order valence-corrected chi connectivity index (χ3v) is 5.60. The minimum absolute atomic E-state index is 1.19. The van der Waals surface area contributed by atoms with E-state index in [1.807, 2.05) is 30.6 Å². The van der Waals surface area contributed by atoms with Crippen molar-refractivity contribution in [1.82, 2.24) is 4.98 Å². The van der Waals surface area contributed by atoms with Gasteiger partial charge >= 0.3 is 0 Å². The van der Waals surface area contributed by atoms with Crippen molar-refractivity contribution in [2.75, 3.05) is 5.33 Å². The lowest BCUT2D eigenvalue weighted by Crippen LogP contribution is -1.83. The van der Waals surface area contributed by atoms with Crippen molar-refractivity contribution in [3.63, 3.8) is 0 Å². The Bertz CT molecular complexity index is 475. The fourth-order valence-electron chi connectivity index (χ4n) is 3.32. The molecule has 0 saturated heterocycles. The predicted molar refractivity (Wildman–Crippen MR) is 126 cm³/mol. The third kappa shape index (κ3) is 13.9. The Balaban J connectivity index is 0.000000303. The van der Waals surface area contributed by atoms with Crippen LogP contribution in [0.5, 0.6) is 0 Å². The van der Waals surface area contributed by atoms with Gasteiger partial charge in [0.25, 0.3) is 0 Å². The van der Waals surface area contributed by atoms with Crippen LogP contribution in [0.3, 0.4) is 0 Å². The molecule has 0 aliphatic rings. The minimum atomic E-state index is 1.19. The molecule has 0 radical (unpaired) electrons. The van der Waals surface area contributed by atoms with Gasteiger partial charge < -0.3 is 0 Å². The first-order valence-electron chi connectivity index (χ1n) is 11.2. The number of fused-ring (bicyclic) bond motifs is 1. The van der Waals surface area contributed by atoms with Gasteiger partial charge in [0.05, 0.1) is 0 Å². The summed E-state index contributed by atoms with van der Waals surface area (Å²) >= 11 is 3.48. The van der Waals surface area contributed by atoms with Crippen molar-refractivity contribution >= 4 is 26.7 Å². The number of halogens is 1. The number of alkyl halides is 1. The number of nitrogens with zero attached hydrogens (tertiary/aromatic N) is 1. The molecule has 0 atom stereocenters. The molecule has 0 spiro atoms. The average molecular weight is 435 g/mol. The fraction of sp³-hybridized carbons (Fsp3) is 0.640. The van der Waals surface area contributed by atoms with Gasteiger partial charge in [-0.1, -0.05) is 131 Å². The Labute approximate surface area is 176 Å². The van der Waals surface area contributed by atoms with Crippen LogP contribution in [-0.4, -0.2) is 10.3 Å². The van der Waals surface area contributed by atoms with Gasteiger partial charge in [-0.2, -0.15) is 0 Å². The van der Waals surface area contributed by atoms with E-state index in [0.29, 0.717) is 0 Å². The zero-order valence-corrected chi connectivity index (χ0v) is 19.1. The maximum Gasteiger partial charge on any atom is 0.0346 e. The van der Waals surface area contributed by atoms with Crippen LogP contribution in [-0.2, 0) is 0 Å². The molecule has 0 N–H and O–H groups in total. The maximum atomic E-state index is 4.01. The monoisotopic (exact) mass is 433 g/mol. The summed E-state index contributed by atoms with van der Waals surface area (Å²) in [5, 5.41) is 3.63. The zero-order chi connectivity index (χ0) is 19.4. The van der Waals surface area contributed by atoms with Crippen molar-refractivity contribution in [1.29, 1.82) is 0 Å². The lowest BCUT2D eigenvalue weighted by atomic mass is 10.0. The standard InChI is InChI=1S/C16H33Br.C9H7N/c1-2-3-4-5-6-7-8-9-10-11-12-13-14-15-16-17;1-2-4-9-7-10-6-5-8(9)3-1/h2-16H2,1H3;1-7H. The van der Waals surface area contributed by atoms with Crippen LogP contribution in [0.15, 0.2) is 42.7 Å². The second kappa shape index (κ2) is 18.5. The van der Waals surface area contributed by atoms with Crippen LogP contribution in [0, 0.1) is 0 Å². The summed E-state index contributed by atoms with van der Waals surface area (Å²) in [5.74, 6) is 0. The van der Waals surface area contributed by atoms with Gasteiger partial charge in [-0.05, 0) is 23.3 Å². The molecule has 0 amide bonds. The molecule has 0 aliphatic carbocycles. The van der Waals surface area contributed by atoms with Crippen LogP contribution in [0.25, 0.3) is 10.8 Å². The van der Waals surface area contributed by atoms with Gasteiger partial charge in [0.1, 0.15) is 0 Å². The normalized spacial score (nSPS) is 10.6. The van der Waals surface area contributed by atoms with Crippen molar-refractivity contribution < 1.29 is 0 Å². The summed E-state index contributed by atoms with van der Waals surface area (Å²) in [5.41, 5.74) is 0. The largest absolute Gasteiger partial charge is 0.264 e. The van der Waals surface area contributed by atoms with Crippen LogP contribution in [0.2, 0.25) is 0 Å². The molecule has 2 heteroatoms. The first-order valence-corrected chi connectivity index (χ1v) is 12.4. The lowest BCUT2D eigenvalue weighted by molar-refractivity contribution is 0.538. The second-order valence-corrected chi connectivity index (χ2v) is 8.30. The highest BCUT2D eigenvalue weighted by molar-refractivity contribution is 9.09. The van der Waals surface area contributed by atoms with Gasteiger partial charge in [0, 0.05) is 17.7 Å². The number of hydrogen-bond donors (Lipinski definition) is 0. The highest BCUT2D eigenvalue weighted by Gasteiger charge is 1.93. The molecule has 1 heterocycles. The molecule has 27 heavy (non-hydrogen) atoms. The van der Waals surface area contributed by atoms with E-state index >= 15 is 0 Å². The molecule has 1 aromatic carbocycles. The first-order chi connectivity index (χ1) is 13.4. The highest BCUT2D eigenvalue weighted by atomic mass is 79.9. The number of rotatable bonds is 14. The van der Waals surface area contributed by atoms with E-state index in [9.17, 15) is 0 Å². The van der Waals surface area contributed by atoms with Crippen molar-refractivity contribution in [3.05, 3.63) is 42.7 Å². The fourth-order valence-corrected chi connectivity index (χ4v) is 3.71. The number of unbranched alkanes of at least 4 members (excludes halogenated alkanes) is 13. The Morgan fingerprint density at radius 1 is 0.630 bits per heavy atom. The number of aromatic nitrogens is 1. The predicted octanol–water partition coefficient (Wildman–Crippen LogP) is 9.10. The van der Waals surface area contributed by atoms with Gasteiger partial charge in [-0.25, -0.2) is 0 Å². The highest BCUT2D eigenvalue weighted by Crippen LogP contribution is 2.13. The zero-order valence-electron chi connectivity index (χ0n) is 17.5. The number of pyridine rings is 1. The number of hydrogen-bond acceptors (Lipinski definition) is 1. The van der Waals surface area contributed by atoms with Crippen molar-refractivity contribution in [2.24, 2.45) is 0 Å². The molecule has 1 nitrogen and oxygen atoms in total. The molecule has 2 aromatic rings. The average Bonchev–Trinajstić information content (AvgIpc) is 2.72. The summed E-state index contributed by atoms with van der Waals surface area (Å²) in [6.45, 7) is 2.29. The molecule has 0 bridgehead atoms. The minimum Gasteiger partial charge on any atom is -0.264 e. The third-order valence-electron chi connectivity index (χ3n) is 5.04. The Kier molecular flexibility index (Phi) is 16.5. The van der Waals surface area contributed by atoms with E-state index in [4.69, 9.17) is 0 Å². The summed E-state index contributed by atoms with van der Waals surface area (Å²) in [7, 11) is 0. The van der Waals surface area contributed by atoms with E-state index in [1.54, 1.807) is 0 Å². The van der Waals surface area contributed by atoms with Gasteiger partial charge in [-0.15, -0.1) is 0 Å². The number of benzene rings is 1. The molecule has 0 fully saturated rings. The topological polar surface area (TPSA) is 12.9 Å². The van der Waals surface area contributed by atoms with Crippen LogP contribution < -0.4 is 0 Å². The molecule has 152 valence electrons. The molecule has 0 saturated carbocycles. The first kappa shape index (κ1) is 24.1. The Morgan fingerprint density at radius 2 is 1.11 bits per heavy atom. The van der Waals surface area contributed by atoms with Gasteiger partial charge in [0.15, 0.2) is 0 Å². The van der Waals surface area contributed by atoms with Crippen molar-refractivity contribution in [3.8, 4) is 0 Å². The van der Waals surface area contributed by atoms with E-state index < -0.39 is 0 Å². The van der Waals surface area contributed by atoms with Crippen molar-refractivity contribution in [2.45, 2.75) is 96.8 Å². The summed E-state index contributed by atoms with van der Waals surface area (Å²) in [4.78, 5) is 4.01. The van der Waals surface area contributed by atoms with E-state index in [1.165, 1.54) is 106 Å². The van der Waals surface area contributed by atoms with E-state index in [-0.39, 0.29) is 0 Å². The maximum absolute atomic E-state index is 4.01. The molecular formula is C25H40BrN. The smallest absolute Gasteiger partial charge is 0.0346 e. The van der Waals surface area contributed by atoms with Crippen LogP contribution in [0.4, 0.5) is 0 Å². The van der Waals surface area contributed by atoms with Gasteiger partial charge in [-0.3, -0.25) is 4.98 Å². The quantitative estimate of drug-likeness (QED) is 0.213.